The lowest BCUT2D eigenvalue weighted by molar-refractivity contribution is -0.139. The van der Waals surface area contributed by atoms with Crippen LogP contribution in [-0.4, -0.2) is 24.3 Å². The van der Waals surface area contributed by atoms with Crippen LogP contribution in [0.3, 0.4) is 0 Å². The first-order valence-corrected chi connectivity index (χ1v) is 5.90. The normalized spacial score (nSPS) is 9.83. The van der Waals surface area contributed by atoms with Gasteiger partial charge in [-0.25, -0.2) is 4.79 Å². The van der Waals surface area contributed by atoms with E-state index in [1.165, 1.54) is 0 Å². The van der Waals surface area contributed by atoms with Gasteiger partial charge in [-0.05, 0) is 24.1 Å². The molecule has 0 radical (unpaired) electrons. The van der Waals surface area contributed by atoms with Crippen molar-refractivity contribution in [2.24, 2.45) is 0 Å². The predicted octanol–water partition coefficient (Wildman–Crippen LogP) is 2.97. The summed E-state index contributed by atoms with van der Waals surface area (Å²) in [5.41, 5.74) is 0.837. The Hall–Kier alpha value is -1.97. The highest BCUT2D eigenvalue weighted by Crippen LogP contribution is 2.24. The third kappa shape index (κ3) is 4.91. The van der Waals surface area contributed by atoms with Gasteiger partial charge in [0.15, 0.2) is 6.61 Å². The summed E-state index contributed by atoms with van der Waals surface area (Å²) < 4.78 is 10.7. The second kappa shape index (κ2) is 7.37. The Balaban J connectivity index is 2.73. The first kappa shape index (κ1) is 14.1. The zero-order valence-corrected chi connectivity index (χ0v) is 10.5. The molecule has 0 aliphatic rings. The van der Waals surface area contributed by atoms with E-state index in [9.17, 15) is 4.79 Å². The molecule has 0 saturated carbocycles. The molecule has 0 fully saturated rings. The van der Waals surface area contributed by atoms with Gasteiger partial charge in [0.1, 0.15) is 11.5 Å². The van der Waals surface area contributed by atoms with Crippen LogP contribution in [0.15, 0.2) is 24.8 Å². The Morgan fingerprint density at radius 1 is 1.33 bits per heavy atom. The van der Waals surface area contributed by atoms with Gasteiger partial charge < -0.3 is 14.6 Å². The molecule has 1 N–H and O–H groups in total. The van der Waals surface area contributed by atoms with Crippen molar-refractivity contribution in [3.05, 3.63) is 30.3 Å². The first-order chi connectivity index (χ1) is 8.65. The van der Waals surface area contributed by atoms with Gasteiger partial charge in [-0.15, -0.1) is 0 Å². The van der Waals surface area contributed by atoms with Gasteiger partial charge in [-0.1, -0.05) is 26.0 Å². The summed E-state index contributed by atoms with van der Waals surface area (Å²) in [4.78, 5) is 10.4. The Morgan fingerprint density at radius 3 is 2.56 bits per heavy atom. The van der Waals surface area contributed by atoms with E-state index in [1.807, 2.05) is 6.07 Å². The van der Waals surface area contributed by atoms with Crippen molar-refractivity contribution in [3.8, 4) is 11.5 Å². The molecular weight excluding hydrogens is 232 g/mol. The molecule has 0 aromatic heterocycles. The molecule has 4 heteroatoms. The molecule has 0 unspecified atom stereocenters. The molecular formula is C14H18O4. The lowest BCUT2D eigenvalue weighted by Crippen LogP contribution is -2.09. The van der Waals surface area contributed by atoms with Crippen LogP contribution in [0.25, 0.3) is 6.08 Å². The maximum absolute atomic E-state index is 10.4. The van der Waals surface area contributed by atoms with Crippen molar-refractivity contribution < 1.29 is 19.4 Å². The van der Waals surface area contributed by atoms with Crippen LogP contribution in [-0.2, 0) is 4.79 Å². The number of ether oxygens (including phenoxy) is 2. The lowest BCUT2D eigenvalue weighted by Gasteiger charge is -2.10. The highest BCUT2D eigenvalue weighted by Gasteiger charge is 2.04. The summed E-state index contributed by atoms with van der Waals surface area (Å²) >= 11 is 0. The number of benzene rings is 1. The van der Waals surface area contributed by atoms with Crippen LogP contribution in [0, 0.1) is 0 Å². The predicted molar refractivity (Wildman–Crippen MR) is 70.1 cm³/mol. The van der Waals surface area contributed by atoms with E-state index in [1.54, 1.807) is 18.2 Å². The van der Waals surface area contributed by atoms with Crippen molar-refractivity contribution in [1.29, 1.82) is 0 Å². The van der Waals surface area contributed by atoms with Gasteiger partial charge in [0.25, 0.3) is 0 Å². The number of aliphatic carboxylic acids is 1. The molecule has 4 nitrogen and oxygen atoms in total. The SMILES string of the molecule is C=Cc1cc(OCCCC)cc(OCC(=O)O)c1. The number of rotatable bonds is 8. The van der Waals surface area contributed by atoms with Crippen LogP contribution in [0.1, 0.15) is 25.3 Å². The second-order valence-corrected chi connectivity index (χ2v) is 3.83. The van der Waals surface area contributed by atoms with Crippen LogP contribution in [0.5, 0.6) is 11.5 Å². The fourth-order valence-corrected chi connectivity index (χ4v) is 1.36. The van der Waals surface area contributed by atoms with Crippen LogP contribution < -0.4 is 9.47 Å². The van der Waals surface area contributed by atoms with Gasteiger partial charge in [-0.3, -0.25) is 0 Å². The number of carboxylic acid groups (broad SMARTS) is 1. The van der Waals surface area contributed by atoms with E-state index in [-0.39, 0.29) is 6.61 Å². The Morgan fingerprint density at radius 2 is 2.00 bits per heavy atom. The molecule has 0 amide bonds. The van der Waals surface area contributed by atoms with Crippen LogP contribution in [0.4, 0.5) is 0 Å². The zero-order chi connectivity index (χ0) is 13.4. The number of hydrogen-bond acceptors (Lipinski definition) is 3. The lowest BCUT2D eigenvalue weighted by atomic mass is 10.2. The quantitative estimate of drug-likeness (QED) is 0.721. The summed E-state index contributed by atoms with van der Waals surface area (Å²) in [6.45, 7) is 6.03. The molecule has 1 aromatic carbocycles. The van der Waals surface area contributed by atoms with E-state index in [0.29, 0.717) is 18.1 Å². The van der Waals surface area contributed by atoms with E-state index in [4.69, 9.17) is 14.6 Å². The maximum Gasteiger partial charge on any atom is 0.341 e. The highest BCUT2D eigenvalue weighted by atomic mass is 16.5. The number of carbonyl (C=O) groups is 1. The summed E-state index contributed by atoms with van der Waals surface area (Å²) in [5.74, 6) is 0.134. The summed E-state index contributed by atoms with van der Waals surface area (Å²) in [7, 11) is 0. The average molecular weight is 250 g/mol. The minimum absolute atomic E-state index is 0.366. The first-order valence-electron chi connectivity index (χ1n) is 5.90. The second-order valence-electron chi connectivity index (χ2n) is 3.83. The average Bonchev–Trinajstić information content (AvgIpc) is 2.36. The van der Waals surface area contributed by atoms with Crippen LogP contribution in [0.2, 0.25) is 0 Å². The maximum atomic E-state index is 10.4. The fraction of sp³-hybridized carbons (Fsp3) is 0.357. The Labute approximate surface area is 107 Å². The molecule has 0 aliphatic heterocycles. The summed E-state index contributed by atoms with van der Waals surface area (Å²) in [6.07, 6.45) is 3.70. The van der Waals surface area contributed by atoms with Gasteiger partial charge >= 0.3 is 5.97 Å². The molecule has 0 spiro atoms. The molecule has 0 heterocycles. The molecule has 1 rings (SSSR count). The van der Waals surface area contributed by atoms with Crippen molar-refractivity contribution in [3.63, 3.8) is 0 Å². The van der Waals surface area contributed by atoms with Gasteiger partial charge in [0.2, 0.25) is 0 Å². The molecule has 0 saturated heterocycles. The number of carboxylic acids is 1. The van der Waals surface area contributed by atoms with Crippen LogP contribution >= 0.6 is 0 Å². The zero-order valence-electron chi connectivity index (χ0n) is 10.5. The number of hydrogen-bond donors (Lipinski definition) is 1. The standard InChI is InChI=1S/C14H18O4/c1-3-5-6-17-12-7-11(4-2)8-13(9-12)18-10-14(15)16/h4,7-9H,2-3,5-6,10H2,1H3,(H,15,16). The Kier molecular flexibility index (Phi) is 5.77. The minimum atomic E-state index is -1.01. The Bertz CT molecular complexity index is 412. The van der Waals surface area contributed by atoms with Gasteiger partial charge in [0.05, 0.1) is 6.61 Å². The molecule has 1 aromatic rings. The summed E-state index contributed by atoms with van der Waals surface area (Å²) in [5, 5.41) is 8.57. The molecule has 0 bridgehead atoms. The van der Waals surface area contributed by atoms with E-state index < -0.39 is 5.97 Å². The molecule has 0 atom stereocenters. The topological polar surface area (TPSA) is 55.8 Å². The molecule has 0 aliphatic carbocycles. The van der Waals surface area contributed by atoms with Crippen molar-refractivity contribution in [2.45, 2.75) is 19.8 Å². The largest absolute Gasteiger partial charge is 0.493 e. The molecule has 18 heavy (non-hydrogen) atoms. The smallest absolute Gasteiger partial charge is 0.341 e. The van der Waals surface area contributed by atoms with Gasteiger partial charge in [0, 0.05) is 6.07 Å². The van der Waals surface area contributed by atoms with Gasteiger partial charge in [-0.2, -0.15) is 0 Å². The number of unbranched alkanes of at least 4 members (excludes halogenated alkanes) is 1. The van der Waals surface area contributed by atoms with Crippen molar-refractivity contribution in [1.82, 2.24) is 0 Å². The van der Waals surface area contributed by atoms with E-state index >= 15 is 0 Å². The minimum Gasteiger partial charge on any atom is -0.493 e. The molecule has 98 valence electrons. The third-order valence-corrected chi connectivity index (χ3v) is 2.27. The summed E-state index contributed by atoms with van der Waals surface area (Å²) in [6, 6.07) is 5.25. The monoisotopic (exact) mass is 250 g/mol. The van der Waals surface area contributed by atoms with E-state index in [2.05, 4.69) is 13.5 Å². The van der Waals surface area contributed by atoms with Crippen molar-refractivity contribution >= 4 is 12.0 Å². The van der Waals surface area contributed by atoms with E-state index in [0.717, 1.165) is 18.4 Å². The third-order valence-electron chi connectivity index (χ3n) is 2.27. The highest BCUT2D eigenvalue weighted by molar-refractivity contribution is 5.68. The van der Waals surface area contributed by atoms with Crippen molar-refractivity contribution in [2.75, 3.05) is 13.2 Å². The fourth-order valence-electron chi connectivity index (χ4n) is 1.36.